The van der Waals surface area contributed by atoms with Crippen LogP contribution in [0.4, 0.5) is 0 Å². The van der Waals surface area contributed by atoms with E-state index in [0.717, 1.165) is 11.0 Å². The van der Waals surface area contributed by atoms with Crippen LogP contribution in [0.15, 0.2) is 60.7 Å². The summed E-state index contributed by atoms with van der Waals surface area (Å²) in [5, 5.41) is 1.27. The van der Waals surface area contributed by atoms with Crippen LogP contribution < -0.4 is 9.30 Å². The highest BCUT2D eigenvalue weighted by atomic mass is 32.2. The van der Waals surface area contributed by atoms with Crippen LogP contribution in [0.2, 0.25) is 0 Å². The van der Waals surface area contributed by atoms with Crippen LogP contribution in [0.5, 0.6) is 5.75 Å². The van der Waals surface area contributed by atoms with Crippen molar-refractivity contribution in [2.45, 2.75) is 33.4 Å². The lowest BCUT2D eigenvalue weighted by Crippen LogP contribution is -2.37. The van der Waals surface area contributed by atoms with Gasteiger partial charge in [-0.1, -0.05) is 24.3 Å². The maximum absolute atomic E-state index is 13.9. The second-order valence-corrected chi connectivity index (χ2v) is 11.0. The first kappa shape index (κ1) is 29.3. The molecule has 0 aliphatic heterocycles. The number of para-hydroxylation sites is 2. The van der Waals surface area contributed by atoms with Crippen LogP contribution in [0.1, 0.15) is 45.2 Å². The molecule has 210 valence electrons. The average molecular weight is 567 g/mol. The van der Waals surface area contributed by atoms with Crippen molar-refractivity contribution in [1.82, 2.24) is 0 Å². The Morgan fingerprint density at radius 1 is 0.950 bits per heavy atom. The zero-order valence-corrected chi connectivity index (χ0v) is 23.5. The number of Topliss-reactive ketones (excluding diaryl/α,β-unsaturated/α-hetero) is 1. The molecule has 0 saturated heterocycles. The first-order chi connectivity index (χ1) is 19.1. The summed E-state index contributed by atoms with van der Waals surface area (Å²) < 4.78 is 50.6. The number of aromatic nitrogens is 1. The van der Waals surface area contributed by atoms with Crippen LogP contribution >= 0.6 is 0 Å². The molecular weight excluding hydrogens is 534 g/mol. The van der Waals surface area contributed by atoms with Crippen molar-refractivity contribution in [3.8, 4) is 5.75 Å². The Labute approximate surface area is 233 Å². The molecule has 3 aromatic carbocycles. The van der Waals surface area contributed by atoms with Crippen LogP contribution in [0.25, 0.3) is 21.8 Å². The number of nitrogens with zero attached hydrogens (tertiary/aromatic N) is 1. The Bertz CT molecular complexity index is 1620. The quantitative estimate of drug-likeness (QED) is 0.0508. The van der Waals surface area contributed by atoms with Crippen molar-refractivity contribution in [1.29, 1.82) is 0 Å². The molecule has 40 heavy (non-hydrogen) atoms. The van der Waals surface area contributed by atoms with Crippen molar-refractivity contribution < 1.29 is 41.3 Å². The first-order valence-electron chi connectivity index (χ1n) is 12.8. The van der Waals surface area contributed by atoms with E-state index in [1.807, 2.05) is 53.1 Å². The fourth-order valence-electron chi connectivity index (χ4n) is 4.75. The van der Waals surface area contributed by atoms with Gasteiger partial charge in [-0.3, -0.25) is 9.35 Å². The van der Waals surface area contributed by atoms with Gasteiger partial charge in [-0.25, -0.2) is 4.79 Å². The van der Waals surface area contributed by atoms with Crippen LogP contribution in [0, 0.1) is 6.92 Å². The molecule has 1 heterocycles. The number of carbonyl (C=O) groups is 2. The molecule has 0 atom stereocenters. The zero-order chi connectivity index (χ0) is 28.9. The molecule has 0 aliphatic rings. The number of benzene rings is 3. The van der Waals surface area contributed by atoms with Gasteiger partial charge < -0.3 is 14.2 Å². The van der Waals surface area contributed by atoms with Gasteiger partial charge in [-0.2, -0.15) is 13.0 Å². The summed E-state index contributed by atoms with van der Waals surface area (Å²) in [4.78, 5) is 26.0. The fourth-order valence-corrected chi connectivity index (χ4v) is 5.25. The summed E-state index contributed by atoms with van der Waals surface area (Å²) in [6, 6.07) is 18.0. The third-order valence-corrected chi connectivity index (χ3v) is 7.36. The summed E-state index contributed by atoms with van der Waals surface area (Å²) in [6.45, 7) is 4.41. The number of esters is 1. The average Bonchev–Trinajstić information content (AvgIpc) is 2.91. The summed E-state index contributed by atoms with van der Waals surface area (Å²) >= 11 is 0. The van der Waals surface area contributed by atoms with Gasteiger partial charge in [-0.15, -0.1) is 0 Å². The lowest BCUT2D eigenvalue weighted by atomic mass is 10.0. The number of pyridine rings is 1. The number of carbonyl (C=O) groups excluding carboxylic acids is 2. The molecule has 0 amide bonds. The van der Waals surface area contributed by atoms with Gasteiger partial charge in [-0.05, 0) is 43.7 Å². The van der Waals surface area contributed by atoms with Gasteiger partial charge in [0.2, 0.25) is 11.0 Å². The summed E-state index contributed by atoms with van der Waals surface area (Å²) in [5.41, 5.74) is 3.48. The third-order valence-electron chi connectivity index (χ3n) is 6.56. The fraction of sp³-hybridized carbons (Fsp3) is 0.300. The lowest BCUT2D eigenvalue weighted by molar-refractivity contribution is -0.645. The second kappa shape index (κ2) is 12.6. The van der Waals surface area contributed by atoms with E-state index < -0.39 is 16.1 Å². The third kappa shape index (κ3) is 6.71. The SMILES string of the molecule is COCCOCc1cc(C(C)=O)cc(C)c1OC(=O)c1c2ccccc2[n+](CCCS(=O)(=O)O)c2ccccc12. The van der Waals surface area contributed by atoms with Crippen LogP contribution in [0.3, 0.4) is 0 Å². The predicted octanol–water partition coefficient (Wildman–Crippen LogP) is 4.45. The number of rotatable bonds is 12. The Balaban J connectivity index is 1.80. The highest BCUT2D eigenvalue weighted by Crippen LogP contribution is 2.31. The minimum Gasteiger partial charge on any atom is -0.422 e. The molecule has 0 unspecified atom stereocenters. The summed E-state index contributed by atoms with van der Waals surface area (Å²) in [5.74, 6) is -0.741. The number of fused-ring (bicyclic) bond motifs is 2. The first-order valence-corrected chi connectivity index (χ1v) is 14.4. The van der Waals surface area contributed by atoms with Gasteiger partial charge in [0.25, 0.3) is 10.1 Å². The molecule has 0 spiro atoms. The Hall–Kier alpha value is -3.70. The van der Waals surface area contributed by atoms with Crippen molar-refractivity contribution in [3.63, 3.8) is 0 Å². The number of ketones is 1. The van der Waals surface area contributed by atoms with Crippen molar-refractivity contribution in [3.05, 3.63) is 82.9 Å². The number of ether oxygens (including phenoxy) is 3. The maximum atomic E-state index is 13.9. The van der Waals surface area contributed by atoms with Crippen LogP contribution in [-0.4, -0.2) is 50.8 Å². The largest absolute Gasteiger partial charge is 0.422 e. The summed E-state index contributed by atoms with van der Waals surface area (Å²) in [7, 11) is -2.54. The standard InChI is InChI=1S/C30H31NO8S/c1-20-17-22(21(2)32)18-23(19-38-15-14-37-3)29(20)39-30(33)28-24-9-4-6-11-26(24)31(13-8-16-40(34,35)36)27-12-7-5-10-25(27)28/h4-7,9-12,17-18H,8,13-16,19H2,1-3H3/p+1. The molecule has 4 rings (SSSR count). The van der Waals surface area contributed by atoms with E-state index in [9.17, 15) is 22.6 Å². The van der Waals surface area contributed by atoms with E-state index in [1.54, 1.807) is 26.2 Å². The van der Waals surface area contributed by atoms with Crippen molar-refractivity contribution >= 4 is 43.7 Å². The van der Waals surface area contributed by atoms with E-state index in [1.165, 1.54) is 6.92 Å². The van der Waals surface area contributed by atoms with Gasteiger partial charge in [0, 0.05) is 36.8 Å². The van der Waals surface area contributed by atoms with E-state index in [0.29, 0.717) is 58.5 Å². The molecule has 0 fully saturated rings. The molecule has 0 saturated carbocycles. The molecule has 9 nitrogen and oxygen atoms in total. The predicted molar refractivity (Wildman–Crippen MR) is 150 cm³/mol. The molecule has 4 aromatic rings. The van der Waals surface area contributed by atoms with Crippen molar-refractivity contribution in [2.75, 3.05) is 26.1 Å². The number of methoxy groups -OCH3 is 1. The molecule has 1 aromatic heterocycles. The van der Waals surface area contributed by atoms with E-state index in [4.69, 9.17) is 14.2 Å². The smallest absolute Gasteiger partial charge is 0.345 e. The molecule has 0 aliphatic carbocycles. The molecule has 1 N–H and O–H groups in total. The minimum absolute atomic E-state index is 0.113. The zero-order valence-electron chi connectivity index (χ0n) is 22.7. The molecule has 10 heteroatoms. The Kier molecular flexibility index (Phi) is 9.26. The van der Waals surface area contributed by atoms with Gasteiger partial charge in [0.15, 0.2) is 12.3 Å². The topological polar surface area (TPSA) is 120 Å². The highest BCUT2D eigenvalue weighted by Gasteiger charge is 2.26. The van der Waals surface area contributed by atoms with Gasteiger partial charge >= 0.3 is 5.97 Å². The number of hydrogen-bond donors (Lipinski definition) is 1. The summed E-state index contributed by atoms with van der Waals surface area (Å²) in [6.07, 6.45) is 0.190. The van der Waals surface area contributed by atoms with Gasteiger partial charge in [0.1, 0.15) is 5.75 Å². The number of hydrogen-bond acceptors (Lipinski definition) is 7. The highest BCUT2D eigenvalue weighted by molar-refractivity contribution is 7.85. The van der Waals surface area contributed by atoms with Gasteiger partial charge in [0.05, 0.1) is 41.9 Å². The normalized spacial score (nSPS) is 11.7. The van der Waals surface area contributed by atoms with Crippen LogP contribution in [-0.2, 0) is 32.7 Å². The van der Waals surface area contributed by atoms with E-state index in [-0.39, 0.29) is 24.6 Å². The molecule has 0 bridgehead atoms. The molecular formula is C30H32NO8S+. The monoisotopic (exact) mass is 566 g/mol. The van der Waals surface area contributed by atoms with E-state index >= 15 is 0 Å². The van der Waals surface area contributed by atoms with Crippen molar-refractivity contribution in [2.24, 2.45) is 0 Å². The lowest BCUT2D eigenvalue weighted by Gasteiger charge is -2.16. The second-order valence-electron chi connectivity index (χ2n) is 9.47. The molecule has 0 radical (unpaired) electrons. The maximum Gasteiger partial charge on any atom is 0.345 e. The Morgan fingerprint density at radius 3 is 2.15 bits per heavy atom. The van der Waals surface area contributed by atoms with E-state index in [2.05, 4.69) is 0 Å². The number of aryl methyl sites for hydroxylation is 2. The Morgan fingerprint density at radius 2 is 1.57 bits per heavy atom. The minimum atomic E-state index is -4.11.